The SMILES string of the molecule is Cc1cccc(C(C)(N)CCCC(C)(C)C)c1. The van der Waals surface area contributed by atoms with Crippen LogP contribution in [-0.2, 0) is 5.54 Å². The maximum absolute atomic E-state index is 6.44. The van der Waals surface area contributed by atoms with E-state index in [1.165, 1.54) is 24.0 Å². The Kier molecular flexibility index (Phi) is 4.37. The van der Waals surface area contributed by atoms with Gasteiger partial charge >= 0.3 is 0 Å². The molecule has 0 spiro atoms. The molecule has 0 radical (unpaired) electrons. The molecule has 0 aliphatic heterocycles. The average Bonchev–Trinajstić information content (AvgIpc) is 2.15. The van der Waals surface area contributed by atoms with Gasteiger partial charge in [-0.2, -0.15) is 0 Å². The zero-order valence-electron chi connectivity index (χ0n) is 12.0. The Bertz CT molecular complexity index is 358. The molecule has 1 atom stereocenters. The Labute approximate surface area is 106 Å². The summed E-state index contributed by atoms with van der Waals surface area (Å²) in [6.07, 6.45) is 3.46. The van der Waals surface area contributed by atoms with Gasteiger partial charge in [0, 0.05) is 5.54 Å². The summed E-state index contributed by atoms with van der Waals surface area (Å²) in [4.78, 5) is 0. The molecule has 1 rings (SSSR count). The molecule has 1 aromatic rings. The van der Waals surface area contributed by atoms with Crippen molar-refractivity contribution in [2.24, 2.45) is 11.1 Å². The zero-order chi connectivity index (χ0) is 13.1. The first-order valence-corrected chi connectivity index (χ1v) is 6.57. The molecule has 0 amide bonds. The molecule has 0 saturated carbocycles. The average molecular weight is 233 g/mol. The van der Waals surface area contributed by atoms with Crippen LogP contribution < -0.4 is 5.73 Å². The highest BCUT2D eigenvalue weighted by Crippen LogP contribution is 2.28. The normalized spacial score (nSPS) is 15.6. The summed E-state index contributed by atoms with van der Waals surface area (Å²) < 4.78 is 0. The van der Waals surface area contributed by atoms with Gasteiger partial charge < -0.3 is 5.73 Å². The molecule has 1 aromatic carbocycles. The van der Waals surface area contributed by atoms with Crippen molar-refractivity contribution in [2.45, 2.75) is 59.4 Å². The van der Waals surface area contributed by atoms with Gasteiger partial charge in [-0.15, -0.1) is 0 Å². The van der Waals surface area contributed by atoms with Crippen molar-refractivity contribution in [1.29, 1.82) is 0 Å². The van der Waals surface area contributed by atoms with Crippen LogP contribution in [0.15, 0.2) is 24.3 Å². The maximum atomic E-state index is 6.44. The minimum Gasteiger partial charge on any atom is -0.322 e. The third kappa shape index (κ3) is 4.91. The fourth-order valence-corrected chi connectivity index (χ4v) is 2.13. The van der Waals surface area contributed by atoms with Crippen molar-refractivity contribution in [3.05, 3.63) is 35.4 Å². The Hall–Kier alpha value is -0.820. The lowest BCUT2D eigenvalue weighted by Crippen LogP contribution is -2.33. The molecule has 0 bridgehead atoms. The molecule has 0 aliphatic carbocycles. The van der Waals surface area contributed by atoms with Gasteiger partial charge in [-0.25, -0.2) is 0 Å². The highest BCUT2D eigenvalue weighted by Gasteiger charge is 2.21. The van der Waals surface area contributed by atoms with E-state index >= 15 is 0 Å². The topological polar surface area (TPSA) is 26.0 Å². The summed E-state index contributed by atoms with van der Waals surface area (Å²) in [5.74, 6) is 0. The molecule has 96 valence electrons. The lowest BCUT2D eigenvalue weighted by molar-refractivity contribution is 0.328. The van der Waals surface area contributed by atoms with Gasteiger partial charge in [0.05, 0.1) is 0 Å². The van der Waals surface area contributed by atoms with Crippen LogP contribution in [0.3, 0.4) is 0 Å². The summed E-state index contributed by atoms with van der Waals surface area (Å²) >= 11 is 0. The van der Waals surface area contributed by atoms with Gasteiger partial charge in [0.1, 0.15) is 0 Å². The predicted octanol–water partition coefficient (Wildman–Crippen LogP) is 4.39. The molecule has 0 aromatic heterocycles. The fraction of sp³-hybridized carbons (Fsp3) is 0.625. The van der Waals surface area contributed by atoms with Gasteiger partial charge in [0.25, 0.3) is 0 Å². The van der Waals surface area contributed by atoms with Crippen molar-refractivity contribution in [3.8, 4) is 0 Å². The van der Waals surface area contributed by atoms with Crippen molar-refractivity contribution < 1.29 is 0 Å². The second kappa shape index (κ2) is 5.22. The standard InChI is InChI=1S/C16H27N/c1-13-8-6-9-14(12-13)16(5,17)11-7-10-15(2,3)4/h6,8-9,12H,7,10-11,17H2,1-5H3. The molecule has 0 fully saturated rings. The molecule has 0 saturated heterocycles. The van der Waals surface area contributed by atoms with Crippen LogP contribution in [0.1, 0.15) is 58.1 Å². The second-order valence-electron chi connectivity index (χ2n) is 6.70. The van der Waals surface area contributed by atoms with Gasteiger partial charge in [0.15, 0.2) is 0 Å². The number of hydrogen-bond donors (Lipinski definition) is 1. The third-order valence-corrected chi connectivity index (χ3v) is 3.30. The Morgan fingerprint density at radius 1 is 1.06 bits per heavy atom. The lowest BCUT2D eigenvalue weighted by Gasteiger charge is -2.27. The molecular weight excluding hydrogens is 206 g/mol. The molecule has 1 nitrogen and oxygen atoms in total. The largest absolute Gasteiger partial charge is 0.322 e. The van der Waals surface area contributed by atoms with E-state index in [4.69, 9.17) is 5.73 Å². The summed E-state index contributed by atoms with van der Waals surface area (Å²) in [5, 5.41) is 0. The van der Waals surface area contributed by atoms with E-state index in [1.807, 2.05) is 0 Å². The molecule has 2 N–H and O–H groups in total. The molecular formula is C16H27N. The van der Waals surface area contributed by atoms with E-state index in [0.29, 0.717) is 5.41 Å². The van der Waals surface area contributed by atoms with E-state index in [9.17, 15) is 0 Å². The van der Waals surface area contributed by atoms with Crippen molar-refractivity contribution in [2.75, 3.05) is 0 Å². The van der Waals surface area contributed by atoms with E-state index in [0.717, 1.165) is 6.42 Å². The van der Waals surface area contributed by atoms with E-state index < -0.39 is 0 Å². The fourth-order valence-electron chi connectivity index (χ4n) is 2.13. The minimum absolute atomic E-state index is 0.197. The maximum Gasteiger partial charge on any atom is 0.0381 e. The number of hydrogen-bond acceptors (Lipinski definition) is 1. The first kappa shape index (κ1) is 14.2. The van der Waals surface area contributed by atoms with Crippen molar-refractivity contribution in [3.63, 3.8) is 0 Å². The van der Waals surface area contributed by atoms with Crippen molar-refractivity contribution >= 4 is 0 Å². The van der Waals surface area contributed by atoms with Gasteiger partial charge in [-0.05, 0) is 37.7 Å². The number of nitrogens with two attached hydrogens (primary N) is 1. The van der Waals surface area contributed by atoms with Crippen LogP contribution in [0.4, 0.5) is 0 Å². The minimum atomic E-state index is -0.197. The van der Waals surface area contributed by atoms with Crippen LogP contribution in [0.5, 0.6) is 0 Å². The zero-order valence-corrected chi connectivity index (χ0v) is 12.0. The number of rotatable bonds is 4. The monoisotopic (exact) mass is 233 g/mol. The molecule has 0 heterocycles. The van der Waals surface area contributed by atoms with Gasteiger partial charge in [-0.1, -0.05) is 57.0 Å². The second-order valence-corrected chi connectivity index (χ2v) is 6.70. The van der Waals surface area contributed by atoms with Crippen LogP contribution >= 0.6 is 0 Å². The quantitative estimate of drug-likeness (QED) is 0.820. The van der Waals surface area contributed by atoms with Gasteiger partial charge in [-0.3, -0.25) is 0 Å². The van der Waals surface area contributed by atoms with E-state index in [-0.39, 0.29) is 5.54 Å². The lowest BCUT2D eigenvalue weighted by atomic mass is 9.83. The van der Waals surface area contributed by atoms with E-state index in [1.54, 1.807) is 0 Å². The first-order chi connectivity index (χ1) is 7.71. The number of aryl methyl sites for hydroxylation is 1. The predicted molar refractivity (Wildman–Crippen MR) is 76.0 cm³/mol. The summed E-state index contributed by atoms with van der Waals surface area (Å²) in [7, 11) is 0. The molecule has 1 unspecified atom stereocenters. The van der Waals surface area contributed by atoms with Crippen molar-refractivity contribution in [1.82, 2.24) is 0 Å². The van der Waals surface area contributed by atoms with Crippen LogP contribution in [0.25, 0.3) is 0 Å². The van der Waals surface area contributed by atoms with Crippen LogP contribution in [0, 0.1) is 12.3 Å². The van der Waals surface area contributed by atoms with Crippen LogP contribution in [0.2, 0.25) is 0 Å². The summed E-state index contributed by atoms with van der Waals surface area (Å²) in [6.45, 7) is 11.1. The Balaban J connectivity index is 2.62. The summed E-state index contributed by atoms with van der Waals surface area (Å²) in [6, 6.07) is 8.56. The highest BCUT2D eigenvalue weighted by atomic mass is 14.7. The smallest absolute Gasteiger partial charge is 0.0381 e. The highest BCUT2D eigenvalue weighted by molar-refractivity contribution is 5.27. The molecule has 17 heavy (non-hydrogen) atoms. The first-order valence-electron chi connectivity index (χ1n) is 6.57. The summed E-state index contributed by atoms with van der Waals surface area (Å²) in [5.41, 5.74) is 9.19. The van der Waals surface area contributed by atoms with Gasteiger partial charge in [0.2, 0.25) is 0 Å². The Morgan fingerprint density at radius 2 is 1.71 bits per heavy atom. The third-order valence-electron chi connectivity index (χ3n) is 3.30. The van der Waals surface area contributed by atoms with E-state index in [2.05, 4.69) is 58.9 Å². The van der Waals surface area contributed by atoms with Crippen LogP contribution in [-0.4, -0.2) is 0 Å². The Morgan fingerprint density at radius 3 is 2.24 bits per heavy atom. The number of benzene rings is 1. The molecule has 1 heteroatoms. The molecule has 0 aliphatic rings.